The quantitative estimate of drug-likeness (QED) is 0.591. The molecule has 1 heterocycles. The Morgan fingerprint density at radius 3 is 2.57 bits per heavy atom. The molecule has 14 heavy (non-hydrogen) atoms. The van der Waals surface area contributed by atoms with Crippen molar-refractivity contribution in [2.75, 3.05) is 0 Å². The molecule has 1 aromatic rings. The maximum atomic E-state index is 11.8. The van der Waals surface area contributed by atoms with Crippen molar-refractivity contribution in [1.29, 1.82) is 5.26 Å². The molecule has 0 saturated carbocycles. The van der Waals surface area contributed by atoms with Gasteiger partial charge in [-0.25, -0.2) is 4.98 Å². The molecule has 0 aromatic carbocycles. The molecular weight excluding hydrogens is 312 g/mol. The third kappa shape index (κ3) is 3.02. The topological polar surface area (TPSA) is 45.9 Å². The van der Waals surface area contributed by atoms with Crippen LogP contribution < -0.4 is 4.74 Å². The molecule has 1 aromatic heterocycles. The van der Waals surface area contributed by atoms with Gasteiger partial charge in [0.05, 0.1) is 0 Å². The van der Waals surface area contributed by atoms with Gasteiger partial charge in [0.15, 0.2) is 0 Å². The minimum absolute atomic E-state index is 0.247. The zero-order valence-corrected chi connectivity index (χ0v) is 8.63. The molecule has 1 rings (SSSR count). The monoisotopic (exact) mass is 314 g/mol. The Balaban J connectivity index is 3.07. The number of nitriles is 1. The number of halogens is 4. The minimum Gasteiger partial charge on any atom is -0.386 e. The zero-order chi connectivity index (χ0) is 10.8. The van der Waals surface area contributed by atoms with Crippen LogP contribution in [0.3, 0.4) is 0 Å². The molecule has 0 spiro atoms. The summed E-state index contributed by atoms with van der Waals surface area (Å²) in [7, 11) is 0. The van der Waals surface area contributed by atoms with E-state index >= 15 is 0 Å². The van der Waals surface area contributed by atoms with Gasteiger partial charge in [0.2, 0.25) is 5.88 Å². The lowest BCUT2D eigenvalue weighted by atomic mass is 10.3. The fraction of sp³-hybridized carbons (Fsp3) is 0.143. The lowest BCUT2D eigenvalue weighted by Crippen LogP contribution is -2.18. The summed E-state index contributed by atoms with van der Waals surface area (Å²) in [5.41, 5.74) is -0.247. The zero-order valence-electron chi connectivity index (χ0n) is 6.47. The van der Waals surface area contributed by atoms with Gasteiger partial charge in [-0.1, -0.05) is 0 Å². The van der Waals surface area contributed by atoms with Gasteiger partial charge in [0, 0.05) is 0 Å². The lowest BCUT2D eigenvalue weighted by molar-refractivity contribution is -0.276. The van der Waals surface area contributed by atoms with E-state index in [0.717, 1.165) is 0 Å². The first-order chi connectivity index (χ1) is 6.42. The molecule has 0 atom stereocenters. The van der Waals surface area contributed by atoms with E-state index in [9.17, 15) is 13.2 Å². The average Bonchev–Trinajstić information content (AvgIpc) is 2.01. The van der Waals surface area contributed by atoms with Crippen LogP contribution in [0.5, 0.6) is 5.88 Å². The first kappa shape index (κ1) is 11.0. The van der Waals surface area contributed by atoms with Crippen LogP contribution in [-0.4, -0.2) is 11.3 Å². The fourth-order valence-electron chi connectivity index (χ4n) is 0.690. The number of aromatic nitrogens is 1. The summed E-state index contributed by atoms with van der Waals surface area (Å²) < 4.78 is 39.3. The van der Waals surface area contributed by atoms with Gasteiger partial charge in [-0.15, -0.1) is 13.2 Å². The number of hydrogen-bond donors (Lipinski definition) is 0. The van der Waals surface area contributed by atoms with Gasteiger partial charge in [0.25, 0.3) is 0 Å². The molecule has 0 fully saturated rings. The van der Waals surface area contributed by atoms with Gasteiger partial charge < -0.3 is 4.74 Å². The molecule has 0 saturated heterocycles. The van der Waals surface area contributed by atoms with Crippen LogP contribution in [0.1, 0.15) is 5.56 Å². The van der Waals surface area contributed by atoms with Crippen molar-refractivity contribution in [2.24, 2.45) is 0 Å². The van der Waals surface area contributed by atoms with Crippen LogP contribution in [0.25, 0.3) is 0 Å². The Kier molecular flexibility index (Phi) is 3.15. The minimum atomic E-state index is -4.83. The highest BCUT2D eigenvalue weighted by atomic mass is 127. The molecule has 3 nitrogen and oxygen atoms in total. The molecule has 0 aliphatic carbocycles. The number of hydrogen-bond acceptors (Lipinski definition) is 3. The van der Waals surface area contributed by atoms with Crippen molar-refractivity contribution in [3.05, 3.63) is 21.4 Å². The maximum Gasteiger partial charge on any atom is 0.574 e. The summed E-state index contributed by atoms with van der Waals surface area (Å²) in [5, 5.41) is 8.47. The van der Waals surface area contributed by atoms with Crippen molar-refractivity contribution in [1.82, 2.24) is 4.98 Å². The lowest BCUT2D eigenvalue weighted by Gasteiger charge is -2.08. The first-order valence-electron chi connectivity index (χ1n) is 3.25. The van der Waals surface area contributed by atoms with Crippen LogP contribution in [0.15, 0.2) is 12.1 Å². The van der Waals surface area contributed by atoms with Crippen molar-refractivity contribution in [3.8, 4) is 11.9 Å². The molecule has 74 valence electrons. The van der Waals surface area contributed by atoms with E-state index in [4.69, 9.17) is 5.26 Å². The Morgan fingerprint density at radius 2 is 2.07 bits per heavy atom. The third-order valence-corrected chi connectivity index (χ3v) is 1.76. The highest BCUT2D eigenvalue weighted by Crippen LogP contribution is 2.24. The van der Waals surface area contributed by atoms with E-state index in [2.05, 4.69) is 9.72 Å². The predicted octanol–water partition coefficient (Wildman–Crippen LogP) is 2.46. The van der Waals surface area contributed by atoms with Crippen molar-refractivity contribution < 1.29 is 17.9 Å². The van der Waals surface area contributed by atoms with Crippen molar-refractivity contribution in [2.45, 2.75) is 6.36 Å². The van der Waals surface area contributed by atoms with Crippen LogP contribution in [-0.2, 0) is 0 Å². The predicted molar refractivity (Wildman–Crippen MR) is 48.4 cm³/mol. The van der Waals surface area contributed by atoms with Crippen LogP contribution >= 0.6 is 22.6 Å². The fourth-order valence-corrected chi connectivity index (χ4v) is 1.09. The van der Waals surface area contributed by atoms with E-state index in [0.29, 0.717) is 3.70 Å². The molecule has 0 aliphatic rings. The maximum absolute atomic E-state index is 11.8. The largest absolute Gasteiger partial charge is 0.574 e. The van der Waals surface area contributed by atoms with E-state index in [-0.39, 0.29) is 5.56 Å². The van der Waals surface area contributed by atoms with Crippen molar-refractivity contribution >= 4 is 22.6 Å². The summed E-state index contributed by atoms with van der Waals surface area (Å²) >= 11 is 1.72. The van der Waals surface area contributed by atoms with Gasteiger partial charge >= 0.3 is 6.36 Å². The Bertz CT molecular complexity index is 386. The van der Waals surface area contributed by atoms with E-state index < -0.39 is 12.2 Å². The van der Waals surface area contributed by atoms with Gasteiger partial charge in [-0.05, 0) is 34.7 Å². The molecule has 0 bridgehead atoms. The number of alkyl halides is 3. The standard InChI is InChI=1S/C7H2F3IN2O/c8-7(9,10)14-6-4(3-12)1-2-5(11)13-6/h1-2H. The van der Waals surface area contributed by atoms with E-state index in [1.54, 1.807) is 28.7 Å². The number of rotatable bonds is 1. The Labute approximate surface area is 90.6 Å². The second-order valence-electron chi connectivity index (χ2n) is 2.15. The average molecular weight is 314 g/mol. The molecular formula is C7H2F3IN2O. The molecule has 0 radical (unpaired) electrons. The summed E-state index contributed by atoms with van der Waals surface area (Å²) in [6, 6.07) is 4.19. The van der Waals surface area contributed by atoms with Crippen LogP contribution in [0, 0.1) is 15.0 Å². The van der Waals surface area contributed by atoms with Gasteiger partial charge in [-0.3, -0.25) is 0 Å². The molecule has 0 amide bonds. The second kappa shape index (κ2) is 4.00. The summed E-state index contributed by atoms with van der Waals surface area (Å²) in [4.78, 5) is 3.45. The first-order valence-corrected chi connectivity index (χ1v) is 4.32. The van der Waals surface area contributed by atoms with Crippen LogP contribution in [0.2, 0.25) is 0 Å². The second-order valence-corrected chi connectivity index (χ2v) is 3.25. The number of nitrogens with zero attached hydrogens (tertiary/aromatic N) is 2. The molecule has 7 heteroatoms. The van der Waals surface area contributed by atoms with Gasteiger partial charge in [0.1, 0.15) is 15.3 Å². The summed E-state index contributed by atoms with van der Waals surface area (Å²) in [6.07, 6.45) is -4.83. The Hall–Kier alpha value is -1.04. The van der Waals surface area contributed by atoms with Crippen LogP contribution in [0.4, 0.5) is 13.2 Å². The molecule has 0 unspecified atom stereocenters. The highest BCUT2D eigenvalue weighted by Gasteiger charge is 2.33. The molecule has 0 N–H and O–H groups in total. The normalized spacial score (nSPS) is 10.8. The van der Waals surface area contributed by atoms with Gasteiger partial charge in [-0.2, -0.15) is 5.26 Å². The Morgan fingerprint density at radius 1 is 1.43 bits per heavy atom. The summed E-state index contributed by atoms with van der Waals surface area (Å²) in [5.74, 6) is -0.716. The van der Waals surface area contributed by atoms with Crippen molar-refractivity contribution in [3.63, 3.8) is 0 Å². The molecule has 0 aliphatic heterocycles. The number of ether oxygens (including phenoxy) is 1. The SMILES string of the molecule is N#Cc1ccc(I)nc1OC(F)(F)F. The van der Waals surface area contributed by atoms with E-state index in [1.165, 1.54) is 12.1 Å². The number of pyridine rings is 1. The summed E-state index contributed by atoms with van der Waals surface area (Å²) in [6.45, 7) is 0. The third-order valence-electron chi connectivity index (χ3n) is 1.16. The smallest absolute Gasteiger partial charge is 0.386 e. The highest BCUT2D eigenvalue weighted by molar-refractivity contribution is 14.1. The van der Waals surface area contributed by atoms with E-state index in [1.807, 2.05) is 0 Å².